The fraction of sp³-hybridized carbons (Fsp3) is 0.538. The number of benzene rings is 1. The van der Waals surface area contributed by atoms with E-state index in [1.165, 1.54) is 0 Å². The molecule has 0 radical (unpaired) electrons. The third kappa shape index (κ3) is 2.09. The molecule has 0 aromatic heterocycles. The minimum Gasteiger partial charge on any atom is -0.484 e. The first-order valence-electron chi connectivity index (χ1n) is 5.93. The molecular weight excluding hydrogens is 284 g/mol. The first-order valence-corrected chi connectivity index (χ1v) is 6.72. The Hall–Kier alpha value is -0.580. The summed E-state index contributed by atoms with van der Waals surface area (Å²) in [5.41, 5.74) is 0.551. The molecular formula is C13H15BrO3. The molecule has 0 aliphatic carbocycles. The van der Waals surface area contributed by atoms with Crippen molar-refractivity contribution in [3.05, 3.63) is 28.2 Å². The van der Waals surface area contributed by atoms with Crippen LogP contribution >= 0.6 is 15.9 Å². The van der Waals surface area contributed by atoms with Crippen molar-refractivity contribution in [2.24, 2.45) is 0 Å². The van der Waals surface area contributed by atoms with Gasteiger partial charge in [-0.2, -0.15) is 0 Å². The highest BCUT2D eigenvalue weighted by Crippen LogP contribution is 2.43. The number of rotatable bonds is 0. The first kappa shape index (κ1) is 11.5. The van der Waals surface area contributed by atoms with Gasteiger partial charge < -0.3 is 14.6 Å². The summed E-state index contributed by atoms with van der Waals surface area (Å²) in [6, 6.07) is 5.77. The molecule has 1 fully saturated rings. The summed E-state index contributed by atoms with van der Waals surface area (Å²) in [7, 11) is 0. The number of aliphatic hydroxyl groups excluding tert-OH is 1. The molecule has 1 aromatic rings. The Balaban J connectivity index is 1.95. The van der Waals surface area contributed by atoms with E-state index in [1.54, 1.807) is 0 Å². The lowest BCUT2D eigenvalue weighted by molar-refractivity contribution is -0.103. The van der Waals surface area contributed by atoms with E-state index in [4.69, 9.17) is 9.47 Å². The van der Waals surface area contributed by atoms with Crippen LogP contribution in [0.15, 0.2) is 22.7 Å². The van der Waals surface area contributed by atoms with Gasteiger partial charge in [0.25, 0.3) is 0 Å². The Morgan fingerprint density at radius 3 is 3.06 bits per heavy atom. The van der Waals surface area contributed by atoms with Crippen molar-refractivity contribution >= 4 is 15.9 Å². The van der Waals surface area contributed by atoms with E-state index in [-0.39, 0.29) is 5.60 Å². The van der Waals surface area contributed by atoms with Crippen molar-refractivity contribution in [3.63, 3.8) is 0 Å². The molecule has 1 saturated heterocycles. The number of hydrogen-bond acceptors (Lipinski definition) is 3. The van der Waals surface area contributed by atoms with Crippen LogP contribution < -0.4 is 4.74 Å². The van der Waals surface area contributed by atoms with Crippen LogP contribution in [0.4, 0.5) is 0 Å². The standard InChI is InChI=1S/C13H15BrO3/c14-9-2-3-10-11(15)7-13(17-12(10)6-9)4-1-5-16-8-13/h2-3,6,11,15H,1,4-5,7-8H2. The summed E-state index contributed by atoms with van der Waals surface area (Å²) in [5.74, 6) is 0.781. The average Bonchev–Trinajstić information content (AvgIpc) is 2.29. The quantitative estimate of drug-likeness (QED) is 0.800. The van der Waals surface area contributed by atoms with Gasteiger partial charge in [-0.1, -0.05) is 22.0 Å². The molecule has 4 heteroatoms. The van der Waals surface area contributed by atoms with Crippen molar-refractivity contribution in [1.29, 1.82) is 0 Å². The van der Waals surface area contributed by atoms with Crippen LogP contribution in [0, 0.1) is 0 Å². The zero-order valence-corrected chi connectivity index (χ0v) is 11.1. The highest BCUT2D eigenvalue weighted by atomic mass is 79.9. The van der Waals surface area contributed by atoms with E-state index in [1.807, 2.05) is 18.2 Å². The second kappa shape index (κ2) is 4.26. The summed E-state index contributed by atoms with van der Waals surface area (Å²) >= 11 is 3.43. The molecule has 1 aromatic carbocycles. The average molecular weight is 299 g/mol. The highest BCUT2D eigenvalue weighted by molar-refractivity contribution is 9.10. The minimum atomic E-state index is -0.450. The van der Waals surface area contributed by atoms with Crippen molar-refractivity contribution in [1.82, 2.24) is 0 Å². The van der Waals surface area contributed by atoms with Gasteiger partial charge in [-0.05, 0) is 25.0 Å². The molecule has 3 rings (SSSR count). The van der Waals surface area contributed by atoms with Gasteiger partial charge in [0.2, 0.25) is 0 Å². The number of fused-ring (bicyclic) bond motifs is 1. The van der Waals surface area contributed by atoms with Gasteiger partial charge in [-0.25, -0.2) is 0 Å². The zero-order valence-electron chi connectivity index (χ0n) is 9.49. The lowest BCUT2D eigenvalue weighted by Crippen LogP contribution is -2.47. The van der Waals surface area contributed by atoms with Gasteiger partial charge in [0.05, 0.1) is 12.7 Å². The van der Waals surface area contributed by atoms with Crippen molar-refractivity contribution < 1.29 is 14.6 Å². The fourth-order valence-corrected chi connectivity index (χ4v) is 3.02. The molecule has 0 bridgehead atoms. The molecule has 1 N–H and O–H groups in total. The molecule has 2 aliphatic rings. The summed E-state index contributed by atoms with van der Waals surface area (Å²) in [6.07, 6.45) is 2.13. The van der Waals surface area contributed by atoms with Gasteiger partial charge in [-0.15, -0.1) is 0 Å². The third-order valence-corrected chi connectivity index (χ3v) is 4.01. The summed E-state index contributed by atoms with van der Waals surface area (Å²) in [6.45, 7) is 1.38. The maximum absolute atomic E-state index is 10.2. The Morgan fingerprint density at radius 1 is 1.41 bits per heavy atom. The molecule has 2 aliphatic heterocycles. The molecule has 2 unspecified atom stereocenters. The second-order valence-electron chi connectivity index (χ2n) is 4.84. The zero-order chi connectivity index (χ0) is 11.9. The van der Waals surface area contributed by atoms with Crippen LogP contribution in [0.3, 0.4) is 0 Å². The van der Waals surface area contributed by atoms with Crippen molar-refractivity contribution in [2.75, 3.05) is 13.2 Å². The predicted molar refractivity (Wildman–Crippen MR) is 67.1 cm³/mol. The molecule has 1 spiro atoms. The molecule has 17 heavy (non-hydrogen) atoms. The van der Waals surface area contributed by atoms with E-state index < -0.39 is 6.10 Å². The molecule has 3 nitrogen and oxygen atoms in total. The maximum atomic E-state index is 10.2. The summed E-state index contributed by atoms with van der Waals surface area (Å²) in [4.78, 5) is 0. The largest absolute Gasteiger partial charge is 0.484 e. The number of halogens is 1. The normalized spacial score (nSPS) is 32.0. The molecule has 2 heterocycles. The second-order valence-corrected chi connectivity index (χ2v) is 5.76. The van der Waals surface area contributed by atoms with E-state index in [0.717, 1.165) is 35.2 Å². The number of aliphatic hydroxyl groups is 1. The van der Waals surface area contributed by atoms with E-state index >= 15 is 0 Å². The van der Waals surface area contributed by atoms with Crippen molar-refractivity contribution in [2.45, 2.75) is 31.0 Å². The molecule has 92 valence electrons. The summed E-state index contributed by atoms with van der Waals surface area (Å²) < 4.78 is 12.6. The highest BCUT2D eigenvalue weighted by Gasteiger charge is 2.42. The Morgan fingerprint density at radius 2 is 2.29 bits per heavy atom. The van der Waals surface area contributed by atoms with Crippen LogP contribution in [0.5, 0.6) is 5.75 Å². The van der Waals surface area contributed by atoms with Gasteiger partial charge in [0.15, 0.2) is 0 Å². The Bertz CT molecular complexity index is 427. The van der Waals surface area contributed by atoms with Crippen LogP contribution in [0.25, 0.3) is 0 Å². The first-order chi connectivity index (χ1) is 8.19. The van der Waals surface area contributed by atoms with Crippen LogP contribution in [0.1, 0.15) is 30.9 Å². The van der Waals surface area contributed by atoms with E-state index in [0.29, 0.717) is 13.0 Å². The molecule has 0 saturated carbocycles. The topological polar surface area (TPSA) is 38.7 Å². The van der Waals surface area contributed by atoms with Gasteiger partial charge >= 0.3 is 0 Å². The van der Waals surface area contributed by atoms with Crippen molar-refractivity contribution in [3.8, 4) is 5.75 Å². The van der Waals surface area contributed by atoms with Gasteiger partial charge in [0, 0.05) is 23.1 Å². The van der Waals surface area contributed by atoms with Gasteiger partial charge in [0.1, 0.15) is 11.4 Å². The number of ether oxygens (including phenoxy) is 2. The minimum absolute atomic E-state index is 0.328. The number of hydrogen-bond donors (Lipinski definition) is 1. The fourth-order valence-electron chi connectivity index (χ4n) is 2.68. The maximum Gasteiger partial charge on any atom is 0.135 e. The third-order valence-electron chi connectivity index (χ3n) is 3.51. The smallest absolute Gasteiger partial charge is 0.135 e. The lowest BCUT2D eigenvalue weighted by atomic mass is 9.85. The Labute approximate surface area is 109 Å². The molecule has 0 amide bonds. The monoisotopic (exact) mass is 298 g/mol. The SMILES string of the molecule is OC1CC2(CCCOC2)Oc2cc(Br)ccc21. The predicted octanol–water partition coefficient (Wildman–Crippen LogP) is 2.81. The summed E-state index contributed by atoms with van der Waals surface area (Å²) in [5, 5.41) is 10.2. The van der Waals surface area contributed by atoms with Crippen LogP contribution in [-0.4, -0.2) is 23.9 Å². The van der Waals surface area contributed by atoms with E-state index in [2.05, 4.69) is 15.9 Å². The lowest BCUT2D eigenvalue weighted by Gasteiger charge is -2.42. The van der Waals surface area contributed by atoms with Crippen LogP contribution in [-0.2, 0) is 4.74 Å². The Kier molecular flexibility index (Phi) is 2.89. The molecule has 2 atom stereocenters. The van der Waals surface area contributed by atoms with Crippen LogP contribution in [0.2, 0.25) is 0 Å². The van der Waals surface area contributed by atoms with E-state index in [9.17, 15) is 5.11 Å². The van der Waals surface area contributed by atoms with Gasteiger partial charge in [-0.3, -0.25) is 0 Å².